The van der Waals surface area contributed by atoms with Crippen LogP contribution < -0.4 is 0 Å². The van der Waals surface area contributed by atoms with Gasteiger partial charge in [-0.15, -0.1) is 0 Å². The Bertz CT molecular complexity index is 565. The minimum absolute atomic E-state index is 0.0996. The zero-order valence-corrected chi connectivity index (χ0v) is 10.7. The summed E-state index contributed by atoms with van der Waals surface area (Å²) < 4.78 is 0. The molecule has 0 atom stereocenters. The highest BCUT2D eigenvalue weighted by atomic mass is 16.1. The fourth-order valence-corrected chi connectivity index (χ4v) is 2.12. The Morgan fingerprint density at radius 3 is 1.61 bits per heavy atom. The molecule has 0 aromatic heterocycles. The van der Waals surface area contributed by atoms with Crippen molar-refractivity contribution in [1.82, 2.24) is 0 Å². The molecule has 0 bridgehead atoms. The van der Waals surface area contributed by atoms with Crippen molar-refractivity contribution in [1.29, 1.82) is 0 Å². The minimum Gasteiger partial charge on any atom is -0.294 e. The Kier molecular flexibility index (Phi) is 3.73. The highest BCUT2D eigenvalue weighted by Gasteiger charge is 2.11. The van der Waals surface area contributed by atoms with Crippen LogP contribution in [0.1, 0.15) is 25.0 Å². The lowest BCUT2D eigenvalue weighted by Gasteiger charge is -2.10. The van der Waals surface area contributed by atoms with Crippen molar-refractivity contribution in [3.05, 3.63) is 71.8 Å². The van der Waals surface area contributed by atoms with Gasteiger partial charge in [0, 0.05) is 5.57 Å². The van der Waals surface area contributed by atoms with Gasteiger partial charge in [0.2, 0.25) is 0 Å². The molecule has 18 heavy (non-hydrogen) atoms. The van der Waals surface area contributed by atoms with E-state index in [0.29, 0.717) is 0 Å². The number of hydrogen-bond donors (Lipinski definition) is 0. The van der Waals surface area contributed by atoms with Gasteiger partial charge in [0.1, 0.15) is 0 Å². The molecular formula is C17H16O. The minimum atomic E-state index is 0.0996. The average Bonchev–Trinajstić information content (AvgIpc) is 2.40. The number of ketones is 1. The first kappa shape index (κ1) is 12.3. The van der Waals surface area contributed by atoms with Crippen molar-refractivity contribution in [2.45, 2.75) is 13.8 Å². The van der Waals surface area contributed by atoms with E-state index < -0.39 is 0 Å². The fraction of sp³-hybridized carbons (Fsp3) is 0.118. The predicted octanol–water partition coefficient (Wildman–Crippen LogP) is 4.21. The van der Waals surface area contributed by atoms with Crippen molar-refractivity contribution < 1.29 is 4.79 Å². The Hall–Kier alpha value is -2.15. The first-order valence-electron chi connectivity index (χ1n) is 6.03. The molecule has 0 radical (unpaired) electrons. The summed E-state index contributed by atoms with van der Waals surface area (Å²) in [6.07, 6.45) is 0. The lowest BCUT2D eigenvalue weighted by atomic mass is 9.93. The van der Waals surface area contributed by atoms with E-state index >= 15 is 0 Å². The Labute approximate surface area is 108 Å². The molecule has 0 spiro atoms. The zero-order valence-electron chi connectivity index (χ0n) is 10.7. The molecule has 1 heteroatoms. The monoisotopic (exact) mass is 236 g/mol. The maximum Gasteiger partial charge on any atom is 0.160 e. The lowest BCUT2D eigenvalue weighted by Crippen LogP contribution is -1.99. The third kappa shape index (κ3) is 2.57. The first-order valence-corrected chi connectivity index (χ1v) is 6.03. The topological polar surface area (TPSA) is 17.1 Å². The highest BCUT2D eigenvalue weighted by molar-refractivity contribution is 6.26. The van der Waals surface area contributed by atoms with Crippen LogP contribution in [0, 0.1) is 0 Å². The molecule has 2 rings (SSSR count). The van der Waals surface area contributed by atoms with Crippen LogP contribution in [0.25, 0.3) is 11.1 Å². The van der Waals surface area contributed by atoms with Gasteiger partial charge in [-0.2, -0.15) is 0 Å². The molecule has 0 N–H and O–H groups in total. The van der Waals surface area contributed by atoms with Gasteiger partial charge in [0.25, 0.3) is 0 Å². The van der Waals surface area contributed by atoms with Crippen LogP contribution in [0.5, 0.6) is 0 Å². The molecule has 1 nitrogen and oxygen atoms in total. The van der Waals surface area contributed by atoms with Gasteiger partial charge < -0.3 is 0 Å². The maximum atomic E-state index is 11.9. The van der Waals surface area contributed by atoms with Crippen molar-refractivity contribution in [2.75, 3.05) is 0 Å². The van der Waals surface area contributed by atoms with Crippen molar-refractivity contribution in [3.8, 4) is 0 Å². The summed E-state index contributed by atoms with van der Waals surface area (Å²) in [7, 11) is 0. The van der Waals surface area contributed by atoms with E-state index in [1.54, 1.807) is 6.92 Å². The van der Waals surface area contributed by atoms with E-state index in [1.807, 2.05) is 67.6 Å². The Morgan fingerprint density at radius 1 is 0.722 bits per heavy atom. The van der Waals surface area contributed by atoms with Crippen LogP contribution in [0.3, 0.4) is 0 Å². The summed E-state index contributed by atoms with van der Waals surface area (Å²) in [6, 6.07) is 19.8. The fourth-order valence-electron chi connectivity index (χ4n) is 2.12. The first-order chi connectivity index (χ1) is 8.70. The van der Waals surface area contributed by atoms with Crippen molar-refractivity contribution >= 4 is 16.9 Å². The number of hydrogen-bond acceptors (Lipinski definition) is 1. The van der Waals surface area contributed by atoms with Gasteiger partial charge in [-0.05, 0) is 30.5 Å². The molecule has 0 saturated carbocycles. The summed E-state index contributed by atoms with van der Waals surface area (Å²) in [4.78, 5) is 11.9. The Balaban J connectivity index is 2.58. The van der Waals surface area contributed by atoms with Gasteiger partial charge in [-0.25, -0.2) is 0 Å². The molecule has 90 valence electrons. The predicted molar refractivity (Wildman–Crippen MR) is 76.1 cm³/mol. The van der Waals surface area contributed by atoms with Crippen LogP contribution in [0.2, 0.25) is 0 Å². The van der Waals surface area contributed by atoms with Crippen molar-refractivity contribution in [3.63, 3.8) is 0 Å². The lowest BCUT2D eigenvalue weighted by molar-refractivity contribution is -0.111. The van der Waals surface area contributed by atoms with E-state index in [4.69, 9.17) is 0 Å². The van der Waals surface area contributed by atoms with Crippen LogP contribution in [0.4, 0.5) is 0 Å². The van der Waals surface area contributed by atoms with Crippen LogP contribution in [-0.4, -0.2) is 5.78 Å². The smallest absolute Gasteiger partial charge is 0.160 e. The molecule has 2 aromatic rings. The molecule has 0 heterocycles. The Morgan fingerprint density at radius 2 is 1.17 bits per heavy atom. The molecule has 0 aliphatic rings. The summed E-state index contributed by atoms with van der Waals surface area (Å²) in [5.41, 5.74) is 3.88. The molecule has 0 unspecified atom stereocenters. The van der Waals surface area contributed by atoms with Gasteiger partial charge in [0.15, 0.2) is 5.78 Å². The van der Waals surface area contributed by atoms with E-state index in [9.17, 15) is 4.79 Å². The van der Waals surface area contributed by atoms with Crippen molar-refractivity contribution in [2.24, 2.45) is 0 Å². The summed E-state index contributed by atoms with van der Waals surface area (Å²) >= 11 is 0. The quantitative estimate of drug-likeness (QED) is 0.576. The van der Waals surface area contributed by atoms with Gasteiger partial charge in [0.05, 0.1) is 0 Å². The van der Waals surface area contributed by atoms with E-state index in [-0.39, 0.29) is 5.78 Å². The molecule has 0 amide bonds. The van der Waals surface area contributed by atoms with Gasteiger partial charge in [-0.1, -0.05) is 60.7 Å². The normalized spacial score (nSPS) is 11.9. The molecule has 0 aliphatic heterocycles. The number of Topliss-reactive ketones (excluding diaryl/α,β-unsaturated/α-hetero) is 1. The highest BCUT2D eigenvalue weighted by Crippen LogP contribution is 2.26. The summed E-state index contributed by atoms with van der Waals surface area (Å²) in [5, 5.41) is 0. The third-order valence-corrected chi connectivity index (χ3v) is 3.00. The van der Waals surface area contributed by atoms with Crippen LogP contribution in [-0.2, 0) is 4.79 Å². The second-order valence-electron chi connectivity index (χ2n) is 4.29. The molecular weight excluding hydrogens is 220 g/mol. The molecule has 0 fully saturated rings. The average molecular weight is 236 g/mol. The second-order valence-corrected chi connectivity index (χ2v) is 4.29. The van der Waals surface area contributed by atoms with Crippen LogP contribution >= 0.6 is 0 Å². The molecule has 2 aromatic carbocycles. The second kappa shape index (κ2) is 5.46. The number of rotatable bonds is 3. The molecule has 0 aliphatic carbocycles. The summed E-state index contributed by atoms with van der Waals surface area (Å²) in [5.74, 6) is 0.0996. The van der Waals surface area contributed by atoms with Gasteiger partial charge in [-0.3, -0.25) is 4.79 Å². The number of carbonyl (C=O) groups is 1. The van der Waals surface area contributed by atoms with E-state index in [1.165, 1.54) is 0 Å². The standard InChI is InChI=1S/C17H16O/c1-13(15-9-5-3-6-10-15)17(14(2)18)16-11-7-4-8-12-16/h3-12H,1-2H3. The SMILES string of the molecule is CC(=O)C(=C(C)c1ccccc1)c1ccccc1. The van der Waals surface area contributed by atoms with E-state index in [0.717, 1.165) is 22.3 Å². The van der Waals surface area contributed by atoms with E-state index in [2.05, 4.69) is 0 Å². The van der Waals surface area contributed by atoms with Crippen LogP contribution in [0.15, 0.2) is 60.7 Å². The zero-order chi connectivity index (χ0) is 13.0. The van der Waals surface area contributed by atoms with Gasteiger partial charge >= 0.3 is 0 Å². The number of benzene rings is 2. The number of carbonyl (C=O) groups excluding carboxylic acids is 1. The third-order valence-electron chi connectivity index (χ3n) is 3.00. The molecule has 0 saturated heterocycles. The summed E-state index contributed by atoms with van der Waals surface area (Å²) in [6.45, 7) is 3.62. The number of allylic oxidation sites excluding steroid dienone is 2. The largest absolute Gasteiger partial charge is 0.294 e. The maximum absolute atomic E-state index is 11.9.